The molecule has 0 saturated carbocycles. The van der Waals surface area contributed by atoms with Gasteiger partial charge in [0.1, 0.15) is 5.75 Å². The van der Waals surface area contributed by atoms with Gasteiger partial charge in [-0.3, -0.25) is 0 Å². The minimum Gasteiger partial charge on any atom is -0.508 e. The van der Waals surface area contributed by atoms with Crippen LogP contribution in [0, 0.1) is 0 Å². The largest absolute Gasteiger partial charge is 0.508 e. The van der Waals surface area contributed by atoms with Gasteiger partial charge in [0, 0.05) is 6.42 Å². The summed E-state index contributed by atoms with van der Waals surface area (Å²) in [6.07, 6.45) is 3.98. The van der Waals surface area contributed by atoms with Gasteiger partial charge >= 0.3 is 0 Å². The molecule has 0 radical (unpaired) electrons. The minimum atomic E-state index is -0.657. The van der Waals surface area contributed by atoms with Crippen LogP contribution in [0.1, 0.15) is 24.0 Å². The van der Waals surface area contributed by atoms with Crippen LogP contribution in [0.2, 0.25) is 0 Å². The molecule has 2 aromatic carbocycles. The molecule has 0 amide bonds. The summed E-state index contributed by atoms with van der Waals surface area (Å²) >= 11 is 0. The molecule has 0 spiro atoms. The molecule has 0 aliphatic carbocycles. The molecule has 2 atom stereocenters. The summed E-state index contributed by atoms with van der Waals surface area (Å²) in [5, 5.41) is 29.1. The van der Waals surface area contributed by atoms with Crippen LogP contribution in [0.15, 0.2) is 60.7 Å². The third-order valence-corrected chi connectivity index (χ3v) is 3.53. The maximum Gasteiger partial charge on any atom is 0.115 e. The van der Waals surface area contributed by atoms with E-state index in [1.807, 2.05) is 48.5 Å². The second-order valence-corrected chi connectivity index (χ2v) is 5.43. The van der Waals surface area contributed by atoms with Gasteiger partial charge in [-0.25, -0.2) is 0 Å². The summed E-state index contributed by atoms with van der Waals surface area (Å²) < 4.78 is 0. The van der Waals surface area contributed by atoms with Crippen molar-refractivity contribution in [3.63, 3.8) is 0 Å². The Balaban J connectivity index is 1.75. The highest BCUT2D eigenvalue weighted by Gasteiger charge is 2.09. The first-order chi connectivity index (χ1) is 10.6. The van der Waals surface area contributed by atoms with E-state index in [0.29, 0.717) is 12.8 Å². The fraction of sp³-hybridized carbons (Fsp3) is 0.263. The van der Waals surface area contributed by atoms with Crippen molar-refractivity contribution in [2.45, 2.75) is 31.5 Å². The maximum atomic E-state index is 9.99. The van der Waals surface area contributed by atoms with Gasteiger partial charge in [0.2, 0.25) is 0 Å². The normalized spacial score (nSPS) is 14.1. The van der Waals surface area contributed by atoms with Crippen molar-refractivity contribution in [3.8, 4) is 5.75 Å². The molecular weight excluding hydrogens is 276 g/mol. The van der Waals surface area contributed by atoms with Crippen molar-refractivity contribution in [2.24, 2.45) is 0 Å². The topological polar surface area (TPSA) is 60.7 Å². The van der Waals surface area contributed by atoms with Crippen LogP contribution in [0.4, 0.5) is 0 Å². The molecule has 0 aliphatic rings. The predicted molar refractivity (Wildman–Crippen MR) is 88.5 cm³/mol. The number of rotatable bonds is 7. The number of benzene rings is 2. The number of aliphatic hydroxyl groups is 2. The van der Waals surface area contributed by atoms with Gasteiger partial charge in [0.05, 0.1) is 12.2 Å². The first-order valence-electron chi connectivity index (χ1n) is 7.51. The van der Waals surface area contributed by atoms with Gasteiger partial charge in [-0.15, -0.1) is 0 Å². The summed E-state index contributed by atoms with van der Waals surface area (Å²) in [5.41, 5.74) is 2.09. The zero-order valence-electron chi connectivity index (χ0n) is 12.5. The number of hydrogen-bond donors (Lipinski definition) is 3. The third-order valence-electron chi connectivity index (χ3n) is 3.53. The standard InChI is InChI=1S/C19H22O3/c20-17-10-6-16(7-11-17)9-13-19(22)14-18(21)12-8-15-4-2-1-3-5-15/h1-8,10-12,18-22H,9,13-14H2/b12-8+/t18-,19+/m0/s1. The van der Waals surface area contributed by atoms with Gasteiger partial charge < -0.3 is 15.3 Å². The number of hydrogen-bond acceptors (Lipinski definition) is 3. The predicted octanol–water partition coefficient (Wildman–Crippen LogP) is 3.15. The van der Waals surface area contributed by atoms with Crippen LogP contribution in [-0.2, 0) is 6.42 Å². The number of aryl methyl sites for hydroxylation is 1. The van der Waals surface area contributed by atoms with E-state index in [0.717, 1.165) is 17.5 Å². The third kappa shape index (κ3) is 5.72. The molecule has 3 heteroatoms. The van der Waals surface area contributed by atoms with E-state index in [9.17, 15) is 15.3 Å². The Morgan fingerprint density at radius 2 is 1.59 bits per heavy atom. The summed E-state index contributed by atoms with van der Waals surface area (Å²) in [4.78, 5) is 0. The lowest BCUT2D eigenvalue weighted by Gasteiger charge is -2.13. The zero-order valence-corrected chi connectivity index (χ0v) is 12.5. The second-order valence-electron chi connectivity index (χ2n) is 5.43. The summed E-state index contributed by atoms with van der Waals surface area (Å²) in [7, 11) is 0. The number of aliphatic hydroxyl groups excluding tert-OH is 2. The van der Waals surface area contributed by atoms with Gasteiger partial charge in [-0.2, -0.15) is 0 Å². The van der Waals surface area contributed by atoms with E-state index in [2.05, 4.69) is 0 Å². The molecular formula is C19H22O3. The van der Waals surface area contributed by atoms with Crippen molar-refractivity contribution >= 4 is 6.08 Å². The van der Waals surface area contributed by atoms with E-state index in [1.54, 1.807) is 18.2 Å². The average Bonchev–Trinajstić information content (AvgIpc) is 2.53. The minimum absolute atomic E-state index is 0.241. The molecule has 116 valence electrons. The van der Waals surface area contributed by atoms with Gasteiger partial charge in [0.25, 0.3) is 0 Å². The van der Waals surface area contributed by atoms with Crippen molar-refractivity contribution < 1.29 is 15.3 Å². The smallest absolute Gasteiger partial charge is 0.115 e. The van der Waals surface area contributed by atoms with E-state index in [1.165, 1.54) is 0 Å². The molecule has 0 bridgehead atoms. The monoisotopic (exact) mass is 298 g/mol. The van der Waals surface area contributed by atoms with E-state index < -0.39 is 12.2 Å². The number of aromatic hydroxyl groups is 1. The molecule has 0 unspecified atom stereocenters. The van der Waals surface area contributed by atoms with Crippen molar-refractivity contribution in [1.29, 1.82) is 0 Å². The summed E-state index contributed by atoms with van der Waals surface area (Å²) in [6.45, 7) is 0. The lowest BCUT2D eigenvalue weighted by molar-refractivity contribution is 0.0983. The Labute approximate surface area is 131 Å². The summed E-state index contributed by atoms with van der Waals surface area (Å²) in [6, 6.07) is 16.7. The first kappa shape index (κ1) is 16.3. The molecule has 0 fully saturated rings. The number of phenols is 1. The van der Waals surface area contributed by atoms with E-state index in [-0.39, 0.29) is 5.75 Å². The van der Waals surface area contributed by atoms with Gasteiger partial charge in [-0.05, 0) is 36.1 Å². The fourth-order valence-electron chi connectivity index (χ4n) is 2.26. The molecule has 0 aliphatic heterocycles. The van der Waals surface area contributed by atoms with Crippen LogP contribution in [0.5, 0.6) is 5.75 Å². The molecule has 0 heterocycles. The molecule has 0 aromatic heterocycles. The highest BCUT2D eigenvalue weighted by molar-refractivity contribution is 5.49. The van der Waals surface area contributed by atoms with Gasteiger partial charge in [0.15, 0.2) is 0 Å². The average molecular weight is 298 g/mol. The molecule has 0 saturated heterocycles. The van der Waals surface area contributed by atoms with E-state index in [4.69, 9.17) is 0 Å². The second kappa shape index (κ2) is 8.37. The van der Waals surface area contributed by atoms with E-state index >= 15 is 0 Å². The zero-order chi connectivity index (χ0) is 15.8. The Morgan fingerprint density at radius 3 is 2.27 bits per heavy atom. The lowest BCUT2D eigenvalue weighted by Crippen LogP contribution is -2.16. The van der Waals surface area contributed by atoms with Crippen LogP contribution < -0.4 is 0 Å². The Kier molecular flexibility index (Phi) is 6.19. The quantitative estimate of drug-likeness (QED) is 0.736. The Bertz CT molecular complexity index is 575. The lowest BCUT2D eigenvalue weighted by atomic mass is 10.0. The Hall–Kier alpha value is -2.10. The van der Waals surface area contributed by atoms with Gasteiger partial charge in [-0.1, -0.05) is 54.6 Å². The van der Waals surface area contributed by atoms with Crippen LogP contribution in [-0.4, -0.2) is 27.5 Å². The molecule has 2 rings (SSSR count). The van der Waals surface area contributed by atoms with Crippen LogP contribution in [0.3, 0.4) is 0 Å². The first-order valence-corrected chi connectivity index (χ1v) is 7.51. The van der Waals surface area contributed by atoms with Crippen molar-refractivity contribution in [2.75, 3.05) is 0 Å². The van der Waals surface area contributed by atoms with Crippen molar-refractivity contribution in [1.82, 2.24) is 0 Å². The molecule has 2 aromatic rings. The van der Waals surface area contributed by atoms with Crippen LogP contribution in [0.25, 0.3) is 6.08 Å². The molecule has 22 heavy (non-hydrogen) atoms. The summed E-state index contributed by atoms with van der Waals surface area (Å²) in [5.74, 6) is 0.241. The SMILES string of the molecule is Oc1ccc(CC[C@@H](O)C[C@@H](O)/C=C/c2ccccc2)cc1. The molecule has 3 nitrogen and oxygen atoms in total. The Morgan fingerprint density at radius 1 is 0.909 bits per heavy atom. The highest BCUT2D eigenvalue weighted by Crippen LogP contribution is 2.14. The maximum absolute atomic E-state index is 9.99. The fourth-order valence-corrected chi connectivity index (χ4v) is 2.26. The number of phenolic OH excluding ortho intramolecular Hbond substituents is 1. The van der Waals surface area contributed by atoms with Crippen molar-refractivity contribution in [3.05, 3.63) is 71.8 Å². The van der Waals surface area contributed by atoms with Crippen LogP contribution >= 0.6 is 0 Å². The highest BCUT2D eigenvalue weighted by atomic mass is 16.3. The molecule has 3 N–H and O–H groups in total.